The molecule has 1 aromatic rings. The number of hydrogen-bond acceptors (Lipinski definition) is 3. The Morgan fingerprint density at radius 2 is 1.90 bits per heavy atom. The summed E-state index contributed by atoms with van der Waals surface area (Å²) in [7, 11) is 0. The molecule has 0 heterocycles. The van der Waals surface area contributed by atoms with E-state index in [-0.39, 0.29) is 19.0 Å². The molecule has 0 bridgehead atoms. The Morgan fingerprint density at radius 3 is 2.45 bits per heavy atom. The van der Waals surface area contributed by atoms with E-state index in [9.17, 15) is 18.0 Å². The van der Waals surface area contributed by atoms with Crippen molar-refractivity contribution in [1.29, 1.82) is 0 Å². The molecule has 0 saturated carbocycles. The molecular weight excluding hydrogens is 297 g/mol. The quantitative estimate of drug-likeness (QED) is 0.842. The van der Waals surface area contributed by atoms with Crippen LogP contribution in [0.1, 0.15) is 11.6 Å². The molecular formula is C12H16ClF3N2O2. The molecule has 8 heteroatoms. The van der Waals surface area contributed by atoms with Crippen molar-refractivity contribution in [3.63, 3.8) is 0 Å². The molecule has 0 aliphatic rings. The van der Waals surface area contributed by atoms with Gasteiger partial charge in [-0.3, -0.25) is 4.79 Å². The smallest absolute Gasteiger partial charge is 0.362 e. The molecule has 1 rings (SSSR count). The Hall–Kier alpha value is -1.31. The fourth-order valence-electron chi connectivity index (χ4n) is 1.35. The van der Waals surface area contributed by atoms with Crippen LogP contribution in [0, 0.1) is 0 Å². The molecule has 0 spiro atoms. The molecule has 0 fully saturated rings. The third-order valence-corrected chi connectivity index (χ3v) is 2.25. The van der Waals surface area contributed by atoms with Crippen LogP contribution in [0.25, 0.3) is 0 Å². The predicted molar refractivity (Wildman–Crippen MR) is 70.5 cm³/mol. The first-order valence-corrected chi connectivity index (χ1v) is 5.60. The monoisotopic (exact) mass is 312 g/mol. The first-order valence-electron chi connectivity index (χ1n) is 5.60. The van der Waals surface area contributed by atoms with E-state index >= 15 is 0 Å². The molecule has 114 valence electrons. The maximum absolute atomic E-state index is 11.8. The molecule has 0 saturated heterocycles. The fourth-order valence-corrected chi connectivity index (χ4v) is 1.35. The van der Waals surface area contributed by atoms with Gasteiger partial charge in [0, 0.05) is 12.6 Å². The summed E-state index contributed by atoms with van der Waals surface area (Å²) < 4.78 is 39.5. The summed E-state index contributed by atoms with van der Waals surface area (Å²) in [6, 6.07) is 8.65. The van der Waals surface area contributed by atoms with Crippen molar-refractivity contribution in [2.75, 3.05) is 19.8 Å². The first-order chi connectivity index (χ1) is 8.88. The number of amides is 1. The minimum absolute atomic E-state index is 0. The van der Waals surface area contributed by atoms with E-state index in [4.69, 9.17) is 5.73 Å². The Labute approximate surface area is 120 Å². The van der Waals surface area contributed by atoms with E-state index in [1.807, 2.05) is 18.2 Å². The zero-order valence-electron chi connectivity index (χ0n) is 10.5. The van der Waals surface area contributed by atoms with Gasteiger partial charge in [-0.25, -0.2) is 0 Å². The number of halogens is 4. The van der Waals surface area contributed by atoms with Crippen LogP contribution in [0.15, 0.2) is 30.3 Å². The SMILES string of the molecule is Cl.NC(CNC(=O)COCC(F)(F)F)c1ccccc1. The van der Waals surface area contributed by atoms with Crippen LogP contribution in [-0.2, 0) is 9.53 Å². The summed E-state index contributed by atoms with van der Waals surface area (Å²) in [5.74, 6) is -0.629. The maximum Gasteiger partial charge on any atom is 0.411 e. The van der Waals surface area contributed by atoms with Gasteiger partial charge >= 0.3 is 6.18 Å². The lowest BCUT2D eigenvalue weighted by Crippen LogP contribution is -2.35. The molecule has 3 N–H and O–H groups in total. The molecule has 0 aliphatic carbocycles. The highest BCUT2D eigenvalue weighted by Crippen LogP contribution is 2.14. The molecule has 0 aromatic heterocycles. The molecule has 20 heavy (non-hydrogen) atoms. The van der Waals surface area contributed by atoms with Gasteiger partial charge in [0.05, 0.1) is 0 Å². The van der Waals surface area contributed by atoms with Gasteiger partial charge in [-0.2, -0.15) is 13.2 Å². The predicted octanol–water partition coefficient (Wildman–Crippen LogP) is 1.80. The van der Waals surface area contributed by atoms with Gasteiger partial charge in [0.1, 0.15) is 13.2 Å². The van der Waals surface area contributed by atoms with Crippen molar-refractivity contribution in [2.24, 2.45) is 5.73 Å². The average molecular weight is 313 g/mol. The lowest BCUT2D eigenvalue weighted by molar-refractivity contribution is -0.175. The van der Waals surface area contributed by atoms with E-state index in [2.05, 4.69) is 10.1 Å². The summed E-state index contributed by atoms with van der Waals surface area (Å²) >= 11 is 0. The van der Waals surface area contributed by atoms with Crippen LogP contribution in [0.3, 0.4) is 0 Å². The fraction of sp³-hybridized carbons (Fsp3) is 0.417. The van der Waals surface area contributed by atoms with Crippen molar-refractivity contribution in [2.45, 2.75) is 12.2 Å². The highest BCUT2D eigenvalue weighted by molar-refractivity contribution is 5.85. The van der Waals surface area contributed by atoms with Crippen molar-refractivity contribution < 1.29 is 22.7 Å². The van der Waals surface area contributed by atoms with Gasteiger partial charge in [0.2, 0.25) is 5.91 Å². The van der Waals surface area contributed by atoms with Crippen LogP contribution in [0.2, 0.25) is 0 Å². The number of hydrogen-bond donors (Lipinski definition) is 2. The van der Waals surface area contributed by atoms with Gasteiger partial charge in [-0.05, 0) is 5.56 Å². The van der Waals surface area contributed by atoms with Crippen LogP contribution in [0.4, 0.5) is 13.2 Å². The highest BCUT2D eigenvalue weighted by atomic mass is 35.5. The maximum atomic E-state index is 11.8. The second-order valence-electron chi connectivity index (χ2n) is 3.93. The third kappa shape index (κ3) is 7.98. The van der Waals surface area contributed by atoms with Crippen LogP contribution >= 0.6 is 12.4 Å². The third-order valence-electron chi connectivity index (χ3n) is 2.25. The summed E-state index contributed by atoms with van der Waals surface area (Å²) in [4.78, 5) is 11.2. The largest absolute Gasteiger partial charge is 0.411 e. The standard InChI is InChI=1S/C12H15F3N2O2.ClH/c13-12(14,15)8-19-7-11(18)17-6-10(16)9-4-2-1-3-5-9;/h1-5,10H,6-8,16H2,(H,17,18);1H. The van der Waals surface area contributed by atoms with Gasteiger partial charge in [0.25, 0.3) is 0 Å². The van der Waals surface area contributed by atoms with Crippen LogP contribution in [0.5, 0.6) is 0 Å². The zero-order valence-corrected chi connectivity index (χ0v) is 11.3. The van der Waals surface area contributed by atoms with Crippen molar-refractivity contribution in [1.82, 2.24) is 5.32 Å². The van der Waals surface area contributed by atoms with Crippen LogP contribution in [-0.4, -0.2) is 31.8 Å². The Kier molecular flexibility index (Phi) is 8.21. The minimum Gasteiger partial charge on any atom is -0.362 e. The number of alkyl halides is 3. The second-order valence-corrected chi connectivity index (χ2v) is 3.93. The molecule has 4 nitrogen and oxygen atoms in total. The molecule has 0 radical (unpaired) electrons. The summed E-state index contributed by atoms with van der Waals surface area (Å²) in [5.41, 5.74) is 6.64. The average Bonchev–Trinajstić information content (AvgIpc) is 2.35. The van der Waals surface area contributed by atoms with Gasteiger partial charge < -0.3 is 15.8 Å². The topological polar surface area (TPSA) is 64.3 Å². The van der Waals surface area contributed by atoms with Gasteiger partial charge in [-0.15, -0.1) is 12.4 Å². The van der Waals surface area contributed by atoms with E-state index in [0.29, 0.717) is 0 Å². The number of benzene rings is 1. The molecule has 1 amide bonds. The van der Waals surface area contributed by atoms with Gasteiger partial charge in [-0.1, -0.05) is 30.3 Å². The van der Waals surface area contributed by atoms with Crippen LogP contribution < -0.4 is 11.1 Å². The summed E-state index contributed by atoms with van der Waals surface area (Å²) in [6.07, 6.45) is -4.43. The number of ether oxygens (including phenoxy) is 1. The Morgan fingerprint density at radius 1 is 1.30 bits per heavy atom. The number of carbonyl (C=O) groups is 1. The molecule has 0 aliphatic heterocycles. The minimum atomic E-state index is -4.43. The van der Waals surface area contributed by atoms with E-state index < -0.39 is 31.3 Å². The Bertz CT molecular complexity index is 401. The zero-order chi connectivity index (χ0) is 14.3. The lowest BCUT2D eigenvalue weighted by atomic mass is 10.1. The van der Waals surface area contributed by atoms with E-state index in [1.165, 1.54) is 0 Å². The summed E-state index contributed by atoms with van der Waals surface area (Å²) in [5, 5.41) is 2.41. The van der Waals surface area contributed by atoms with E-state index in [0.717, 1.165) is 5.56 Å². The number of rotatable bonds is 6. The van der Waals surface area contributed by atoms with E-state index in [1.54, 1.807) is 12.1 Å². The molecule has 1 atom stereocenters. The number of nitrogens with two attached hydrogens (primary N) is 1. The molecule has 1 aromatic carbocycles. The number of nitrogens with one attached hydrogen (secondary N) is 1. The Balaban J connectivity index is 0.00000361. The van der Waals surface area contributed by atoms with Crippen molar-refractivity contribution in [3.8, 4) is 0 Å². The highest BCUT2D eigenvalue weighted by Gasteiger charge is 2.27. The van der Waals surface area contributed by atoms with Gasteiger partial charge in [0.15, 0.2) is 0 Å². The lowest BCUT2D eigenvalue weighted by Gasteiger charge is -2.13. The van der Waals surface area contributed by atoms with Crippen molar-refractivity contribution in [3.05, 3.63) is 35.9 Å². The normalized spacial score (nSPS) is 12.4. The first kappa shape index (κ1) is 18.7. The van der Waals surface area contributed by atoms with Crippen molar-refractivity contribution >= 4 is 18.3 Å². The molecule has 1 unspecified atom stereocenters. The second kappa shape index (κ2) is 8.78. The number of carbonyl (C=O) groups excluding carboxylic acids is 1. The summed E-state index contributed by atoms with van der Waals surface area (Å²) in [6.45, 7) is -1.94.